The summed E-state index contributed by atoms with van der Waals surface area (Å²) in [6.45, 7) is 9.61. The second kappa shape index (κ2) is 9.03. The molecule has 1 aliphatic rings. The van der Waals surface area contributed by atoms with Gasteiger partial charge in [-0.2, -0.15) is 0 Å². The van der Waals surface area contributed by atoms with Crippen molar-refractivity contribution in [1.29, 1.82) is 0 Å². The van der Waals surface area contributed by atoms with E-state index < -0.39 is 0 Å². The van der Waals surface area contributed by atoms with Gasteiger partial charge in [0, 0.05) is 39.0 Å². The molecule has 1 aliphatic heterocycles. The van der Waals surface area contributed by atoms with Crippen molar-refractivity contribution >= 4 is 11.8 Å². The van der Waals surface area contributed by atoms with Gasteiger partial charge in [0.15, 0.2) is 0 Å². The van der Waals surface area contributed by atoms with E-state index in [0.717, 1.165) is 25.9 Å². The van der Waals surface area contributed by atoms with E-state index >= 15 is 0 Å². The molecule has 0 bridgehead atoms. The summed E-state index contributed by atoms with van der Waals surface area (Å²) in [5.41, 5.74) is 5.79. The fraction of sp³-hybridized carbons (Fsp3) is 0.875. The Morgan fingerprint density at radius 1 is 1.05 bits per heavy atom. The molecule has 0 aromatic rings. The first kappa shape index (κ1) is 18.0. The molecule has 1 saturated heterocycles. The van der Waals surface area contributed by atoms with Crippen molar-refractivity contribution < 1.29 is 9.59 Å². The lowest BCUT2D eigenvalue weighted by Crippen LogP contribution is -2.38. The zero-order chi connectivity index (χ0) is 15.8. The summed E-state index contributed by atoms with van der Waals surface area (Å²) in [4.78, 5) is 27.9. The number of carbonyl (C=O) groups excluding carboxylic acids is 2. The second-order valence-corrected chi connectivity index (χ2v) is 6.40. The minimum Gasteiger partial charge on any atom is -0.341 e. The van der Waals surface area contributed by atoms with Gasteiger partial charge in [-0.15, -0.1) is 0 Å². The Morgan fingerprint density at radius 2 is 1.62 bits per heavy atom. The number of nitrogens with two attached hydrogens (primary N) is 1. The summed E-state index contributed by atoms with van der Waals surface area (Å²) >= 11 is 0. The van der Waals surface area contributed by atoms with Gasteiger partial charge in [-0.25, -0.2) is 0 Å². The molecule has 1 unspecified atom stereocenters. The van der Waals surface area contributed by atoms with Gasteiger partial charge >= 0.3 is 0 Å². The largest absolute Gasteiger partial charge is 0.341 e. The van der Waals surface area contributed by atoms with Crippen LogP contribution in [0.3, 0.4) is 0 Å². The van der Waals surface area contributed by atoms with Gasteiger partial charge in [0.05, 0.1) is 0 Å². The monoisotopic (exact) mass is 297 g/mol. The highest BCUT2D eigenvalue weighted by molar-refractivity contribution is 5.77. The van der Waals surface area contributed by atoms with Crippen molar-refractivity contribution in [2.24, 2.45) is 17.6 Å². The highest BCUT2D eigenvalue weighted by Crippen LogP contribution is 2.16. The summed E-state index contributed by atoms with van der Waals surface area (Å²) in [6.07, 6.45) is 2.94. The number of hydrogen-bond donors (Lipinski definition) is 1. The highest BCUT2D eigenvalue weighted by Gasteiger charge is 2.23. The molecule has 5 heteroatoms. The van der Waals surface area contributed by atoms with Crippen LogP contribution in [0.15, 0.2) is 0 Å². The van der Waals surface area contributed by atoms with Gasteiger partial charge in [0.1, 0.15) is 0 Å². The lowest BCUT2D eigenvalue weighted by atomic mass is 9.94. The van der Waals surface area contributed by atoms with Crippen molar-refractivity contribution in [2.75, 3.05) is 32.7 Å². The molecular formula is C16H31N3O2. The molecule has 1 atom stereocenters. The minimum absolute atomic E-state index is 0.184. The maximum absolute atomic E-state index is 12.4. The molecule has 1 rings (SSSR count). The number of nitrogens with zero attached hydrogens (tertiary/aromatic N) is 2. The average Bonchev–Trinajstić information content (AvgIpc) is 2.71. The van der Waals surface area contributed by atoms with Crippen LogP contribution in [0.25, 0.3) is 0 Å². The van der Waals surface area contributed by atoms with E-state index in [1.54, 1.807) is 0 Å². The zero-order valence-corrected chi connectivity index (χ0v) is 13.8. The van der Waals surface area contributed by atoms with Gasteiger partial charge in [-0.1, -0.05) is 20.8 Å². The first-order valence-electron chi connectivity index (χ1n) is 8.23. The van der Waals surface area contributed by atoms with Crippen molar-refractivity contribution in [1.82, 2.24) is 9.80 Å². The first-order chi connectivity index (χ1) is 9.97. The van der Waals surface area contributed by atoms with Crippen LogP contribution in [-0.4, -0.2) is 54.3 Å². The lowest BCUT2D eigenvalue weighted by Gasteiger charge is -2.24. The Bertz CT molecular complexity index is 344. The molecule has 0 aliphatic carbocycles. The molecule has 122 valence electrons. The fourth-order valence-electron chi connectivity index (χ4n) is 2.95. The van der Waals surface area contributed by atoms with Crippen LogP contribution in [0.1, 0.15) is 46.5 Å². The minimum atomic E-state index is 0.184. The molecule has 5 nitrogen and oxygen atoms in total. The molecule has 0 aromatic carbocycles. The van der Waals surface area contributed by atoms with Crippen LogP contribution in [-0.2, 0) is 9.59 Å². The Hall–Kier alpha value is -1.10. The van der Waals surface area contributed by atoms with E-state index in [-0.39, 0.29) is 17.7 Å². The molecule has 0 aromatic heterocycles. The number of carbonyl (C=O) groups is 2. The van der Waals surface area contributed by atoms with E-state index in [4.69, 9.17) is 5.73 Å². The van der Waals surface area contributed by atoms with Gasteiger partial charge in [-0.3, -0.25) is 9.59 Å². The van der Waals surface area contributed by atoms with Crippen LogP contribution < -0.4 is 5.73 Å². The molecule has 0 spiro atoms. The second-order valence-electron chi connectivity index (χ2n) is 6.40. The Labute approximate surface area is 128 Å². The number of hydrogen-bond acceptors (Lipinski definition) is 3. The lowest BCUT2D eigenvalue weighted by molar-refractivity contribution is -0.134. The van der Waals surface area contributed by atoms with E-state index in [0.29, 0.717) is 38.4 Å². The van der Waals surface area contributed by atoms with Crippen molar-refractivity contribution in [3.63, 3.8) is 0 Å². The summed E-state index contributed by atoms with van der Waals surface area (Å²) in [6, 6.07) is 0. The Balaban J connectivity index is 2.49. The molecular weight excluding hydrogens is 266 g/mol. The third-order valence-corrected chi connectivity index (χ3v) is 4.11. The summed E-state index contributed by atoms with van der Waals surface area (Å²) in [5.74, 6) is 1.21. The van der Waals surface area contributed by atoms with E-state index in [9.17, 15) is 9.59 Å². The van der Waals surface area contributed by atoms with Gasteiger partial charge in [0.25, 0.3) is 0 Å². The standard InChI is InChI=1S/C16H31N3O2/c1-4-15(20)18-6-5-7-19(9-8-18)16(21)11-14(12-17)10-13(2)3/h13-14H,4-12,17H2,1-3H3. The van der Waals surface area contributed by atoms with Crippen LogP contribution in [0.2, 0.25) is 0 Å². The zero-order valence-electron chi connectivity index (χ0n) is 13.8. The quantitative estimate of drug-likeness (QED) is 0.807. The predicted molar refractivity (Wildman–Crippen MR) is 84.7 cm³/mol. The molecule has 1 fully saturated rings. The molecule has 0 radical (unpaired) electrons. The van der Waals surface area contributed by atoms with E-state index in [1.807, 2.05) is 16.7 Å². The predicted octanol–water partition coefficient (Wildman–Crippen LogP) is 1.47. The van der Waals surface area contributed by atoms with E-state index in [1.165, 1.54) is 0 Å². The van der Waals surface area contributed by atoms with Gasteiger partial charge < -0.3 is 15.5 Å². The summed E-state index contributed by atoms with van der Waals surface area (Å²) in [5, 5.41) is 0. The summed E-state index contributed by atoms with van der Waals surface area (Å²) < 4.78 is 0. The van der Waals surface area contributed by atoms with Crippen LogP contribution in [0, 0.1) is 11.8 Å². The topological polar surface area (TPSA) is 66.6 Å². The third kappa shape index (κ3) is 6.04. The van der Waals surface area contributed by atoms with Crippen LogP contribution in [0.5, 0.6) is 0 Å². The molecule has 2 N–H and O–H groups in total. The maximum atomic E-state index is 12.4. The summed E-state index contributed by atoms with van der Waals surface area (Å²) in [7, 11) is 0. The maximum Gasteiger partial charge on any atom is 0.222 e. The molecule has 1 heterocycles. The van der Waals surface area contributed by atoms with Crippen LogP contribution in [0.4, 0.5) is 0 Å². The molecule has 21 heavy (non-hydrogen) atoms. The van der Waals surface area contributed by atoms with Crippen molar-refractivity contribution in [3.05, 3.63) is 0 Å². The average molecular weight is 297 g/mol. The Kier molecular flexibility index (Phi) is 7.72. The van der Waals surface area contributed by atoms with Gasteiger partial charge in [0.2, 0.25) is 11.8 Å². The third-order valence-electron chi connectivity index (χ3n) is 4.11. The number of amides is 2. The fourth-order valence-corrected chi connectivity index (χ4v) is 2.95. The first-order valence-corrected chi connectivity index (χ1v) is 8.23. The highest BCUT2D eigenvalue weighted by atomic mass is 16.2. The smallest absolute Gasteiger partial charge is 0.222 e. The normalized spacial score (nSPS) is 17.8. The Morgan fingerprint density at radius 3 is 2.10 bits per heavy atom. The van der Waals surface area contributed by atoms with E-state index in [2.05, 4.69) is 13.8 Å². The molecule has 2 amide bonds. The van der Waals surface area contributed by atoms with Crippen molar-refractivity contribution in [3.8, 4) is 0 Å². The SMILES string of the molecule is CCC(=O)N1CCCN(C(=O)CC(CN)CC(C)C)CC1. The number of rotatable bonds is 6. The van der Waals surface area contributed by atoms with Gasteiger partial charge in [-0.05, 0) is 31.2 Å². The molecule has 0 saturated carbocycles. The van der Waals surface area contributed by atoms with Crippen molar-refractivity contribution in [2.45, 2.75) is 46.5 Å². The van der Waals surface area contributed by atoms with Crippen LogP contribution >= 0.6 is 0 Å².